The number of nitro groups is 1. The number of benzene rings is 3. The lowest BCUT2D eigenvalue weighted by molar-refractivity contribution is -0.383. The van der Waals surface area contributed by atoms with Gasteiger partial charge in [0.25, 0.3) is 11.6 Å². The van der Waals surface area contributed by atoms with E-state index in [2.05, 4.69) is 5.32 Å². The van der Waals surface area contributed by atoms with Crippen LogP contribution in [0.15, 0.2) is 72.8 Å². The first-order valence-corrected chi connectivity index (χ1v) is 8.60. The number of carbonyl (C=O) groups is 2. The zero-order valence-corrected chi connectivity index (χ0v) is 15.2. The Bertz CT molecular complexity index is 1050. The number of nitrogens with two attached hydrogens (primary N) is 1. The van der Waals surface area contributed by atoms with Gasteiger partial charge in [-0.05, 0) is 35.4 Å². The Morgan fingerprint density at radius 3 is 2.28 bits per heavy atom. The molecule has 0 saturated carbocycles. The first-order valence-electron chi connectivity index (χ1n) is 8.60. The largest absolute Gasteiger partial charge is 0.452 e. The summed E-state index contributed by atoms with van der Waals surface area (Å²) in [5, 5.41) is 13.5. The van der Waals surface area contributed by atoms with E-state index in [1.807, 2.05) is 42.5 Å². The maximum Gasteiger partial charge on any atom is 0.338 e. The van der Waals surface area contributed by atoms with Crippen LogP contribution in [0, 0.1) is 10.1 Å². The number of rotatable bonds is 6. The maximum atomic E-state index is 12.0. The Kier molecular flexibility index (Phi) is 5.84. The van der Waals surface area contributed by atoms with Crippen molar-refractivity contribution in [2.75, 3.05) is 17.7 Å². The van der Waals surface area contributed by atoms with Crippen LogP contribution in [-0.2, 0) is 9.53 Å². The van der Waals surface area contributed by atoms with Crippen molar-refractivity contribution in [3.63, 3.8) is 0 Å². The predicted octanol–water partition coefficient (Wildman–Crippen LogP) is 3.64. The predicted molar refractivity (Wildman–Crippen MR) is 108 cm³/mol. The van der Waals surface area contributed by atoms with Crippen molar-refractivity contribution in [3.8, 4) is 11.1 Å². The Hall–Kier alpha value is -4.20. The molecule has 1 amide bonds. The number of hydrogen-bond acceptors (Lipinski definition) is 6. The summed E-state index contributed by atoms with van der Waals surface area (Å²) in [7, 11) is 0. The van der Waals surface area contributed by atoms with Gasteiger partial charge in [0.15, 0.2) is 6.61 Å². The van der Waals surface area contributed by atoms with Gasteiger partial charge in [0, 0.05) is 11.8 Å². The number of nitrogens with one attached hydrogen (secondary N) is 1. The van der Waals surface area contributed by atoms with Gasteiger partial charge >= 0.3 is 5.97 Å². The van der Waals surface area contributed by atoms with E-state index in [1.54, 1.807) is 12.1 Å². The maximum absolute atomic E-state index is 12.0. The number of hydrogen-bond donors (Lipinski definition) is 2. The number of anilines is 2. The molecule has 0 unspecified atom stereocenters. The molecule has 3 aromatic carbocycles. The highest BCUT2D eigenvalue weighted by atomic mass is 16.6. The minimum Gasteiger partial charge on any atom is -0.452 e. The molecule has 0 atom stereocenters. The van der Waals surface area contributed by atoms with Gasteiger partial charge in [0.05, 0.1) is 10.5 Å². The number of amides is 1. The summed E-state index contributed by atoms with van der Waals surface area (Å²) in [6.07, 6.45) is 0. The third-order valence-electron chi connectivity index (χ3n) is 4.07. The van der Waals surface area contributed by atoms with Crippen LogP contribution in [0.3, 0.4) is 0 Å². The molecule has 0 bridgehead atoms. The smallest absolute Gasteiger partial charge is 0.338 e. The molecule has 146 valence electrons. The molecule has 8 heteroatoms. The third-order valence-corrected chi connectivity index (χ3v) is 4.07. The van der Waals surface area contributed by atoms with E-state index >= 15 is 0 Å². The Labute approximate surface area is 166 Å². The molecule has 3 N–H and O–H groups in total. The fraction of sp³-hybridized carbons (Fsp3) is 0.0476. The molecule has 0 aliphatic carbocycles. The second-order valence-corrected chi connectivity index (χ2v) is 6.10. The van der Waals surface area contributed by atoms with Crippen molar-refractivity contribution in [1.82, 2.24) is 0 Å². The molecule has 3 aromatic rings. The van der Waals surface area contributed by atoms with Crippen molar-refractivity contribution in [2.45, 2.75) is 0 Å². The fourth-order valence-corrected chi connectivity index (χ4v) is 2.62. The molecule has 0 fully saturated rings. The van der Waals surface area contributed by atoms with E-state index in [1.165, 1.54) is 12.1 Å². The minimum absolute atomic E-state index is 0.0640. The molecule has 0 aliphatic rings. The van der Waals surface area contributed by atoms with Crippen molar-refractivity contribution in [2.24, 2.45) is 0 Å². The summed E-state index contributed by atoms with van der Waals surface area (Å²) in [5.74, 6) is -1.39. The van der Waals surface area contributed by atoms with Gasteiger partial charge in [-0.25, -0.2) is 4.79 Å². The molecule has 8 nitrogen and oxygen atoms in total. The first kappa shape index (κ1) is 19.6. The summed E-state index contributed by atoms with van der Waals surface area (Å²) >= 11 is 0. The van der Waals surface area contributed by atoms with Crippen LogP contribution in [-0.4, -0.2) is 23.4 Å². The quantitative estimate of drug-likeness (QED) is 0.286. The van der Waals surface area contributed by atoms with Crippen LogP contribution in [0.25, 0.3) is 11.1 Å². The van der Waals surface area contributed by atoms with Gasteiger partial charge in [-0.2, -0.15) is 0 Å². The molecule has 0 radical (unpaired) electrons. The molecule has 29 heavy (non-hydrogen) atoms. The number of carbonyl (C=O) groups excluding carboxylic acids is 2. The second kappa shape index (κ2) is 8.66. The second-order valence-electron chi connectivity index (χ2n) is 6.10. The van der Waals surface area contributed by atoms with Gasteiger partial charge in [-0.3, -0.25) is 14.9 Å². The number of nitro benzene ring substituents is 1. The summed E-state index contributed by atoms with van der Waals surface area (Å²) in [4.78, 5) is 34.2. The van der Waals surface area contributed by atoms with Crippen molar-refractivity contribution in [3.05, 3.63) is 88.5 Å². The number of esters is 1. The summed E-state index contributed by atoms with van der Waals surface area (Å²) in [6.45, 7) is -0.530. The summed E-state index contributed by atoms with van der Waals surface area (Å²) < 4.78 is 4.92. The van der Waals surface area contributed by atoms with Crippen LogP contribution >= 0.6 is 0 Å². The Balaban J connectivity index is 1.56. The van der Waals surface area contributed by atoms with Crippen molar-refractivity contribution < 1.29 is 19.2 Å². The lowest BCUT2D eigenvalue weighted by Gasteiger charge is -2.08. The van der Waals surface area contributed by atoms with E-state index in [0.29, 0.717) is 5.69 Å². The lowest BCUT2D eigenvalue weighted by Crippen LogP contribution is -2.21. The zero-order valence-electron chi connectivity index (χ0n) is 15.2. The van der Waals surface area contributed by atoms with Gasteiger partial charge in [0.2, 0.25) is 0 Å². The highest BCUT2D eigenvalue weighted by molar-refractivity contribution is 5.96. The number of nitrogen functional groups attached to an aromatic ring is 1. The van der Waals surface area contributed by atoms with E-state index in [4.69, 9.17) is 10.5 Å². The highest BCUT2D eigenvalue weighted by Gasteiger charge is 2.17. The first-order chi connectivity index (χ1) is 13.9. The van der Waals surface area contributed by atoms with E-state index in [-0.39, 0.29) is 11.3 Å². The van der Waals surface area contributed by atoms with Crippen LogP contribution in [0.4, 0.5) is 17.1 Å². The third kappa shape index (κ3) is 4.95. The molecule has 0 spiro atoms. The molecule has 0 aliphatic heterocycles. The van der Waals surface area contributed by atoms with Gasteiger partial charge in [-0.15, -0.1) is 0 Å². The zero-order chi connectivity index (χ0) is 20.8. The molecule has 0 aromatic heterocycles. The van der Waals surface area contributed by atoms with Gasteiger partial charge < -0.3 is 15.8 Å². The number of ether oxygens (including phenoxy) is 1. The van der Waals surface area contributed by atoms with Gasteiger partial charge in [0.1, 0.15) is 5.69 Å². The van der Waals surface area contributed by atoms with Crippen LogP contribution in [0.2, 0.25) is 0 Å². The van der Waals surface area contributed by atoms with E-state index < -0.39 is 29.1 Å². The number of nitrogens with zero attached hydrogens (tertiary/aromatic N) is 1. The topological polar surface area (TPSA) is 125 Å². The monoisotopic (exact) mass is 391 g/mol. The van der Waals surface area contributed by atoms with Crippen LogP contribution in [0.5, 0.6) is 0 Å². The molecule has 0 saturated heterocycles. The summed E-state index contributed by atoms with van der Waals surface area (Å²) in [6, 6.07) is 20.5. The summed E-state index contributed by atoms with van der Waals surface area (Å²) in [5.41, 5.74) is 7.56. The SMILES string of the molecule is Nc1ccc(C(=O)OCC(=O)Nc2ccc(-c3ccccc3)cc2)cc1[N+](=O)[O-]. The van der Waals surface area contributed by atoms with Crippen LogP contribution in [0.1, 0.15) is 10.4 Å². The van der Waals surface area contributed by atoms with Crippen molar-refractivity contribution in [1.29, 1.82) is 0 Å². The van der Waals surface area contributed by atoms with E-state index in [0.717, 1.165) is 17.2 Å². The Morgan fingerprint density at radius 2 is 1.62 bits per heavy atom. The lowest BCUT2D eigenvalue weighted by atomic mass is 10.1. The normalized spacial score (nSPS) is 10.2. The van der Waals surface area contributed by atoms with Crippen molar-refractivity contribution >= 4 is 28.9 Å². The Morgan fingerprint density at radius 1 is 0.966 bits per heavy atom. The molecule has 3 rings (SSSR count). The fourth-order valence-electron chi connectivity index (χ4n) is 2.62. The molecule has 0 heterocycles. The molecular weight excluding hydrogens is 374 g/mol. The minimum atomic E-state index is -0.859. The highest BCUT2D eigenvalue weighted by Crippen LogP contribution is 2.23. The average Bonchev–Trinajstić information content (AvgIpc) is 2.73. The van der Waals surface area contributed by atoms with E-state index in [9.17, 15) is 19.7 Å². The molecular formula is C21H17N3O5. The van der Waals surface area contributed by atoms with Crippen LogP contribution < -0.4 is 11.1 Å². The van der Waals surface area contributed by atoms with Gasteiger partial charge in [-0.1, -0.05) is 42.5 Å². The standard InChI is InChI=1S/C21H17N3O5/c22-18-11-8-16(12-19(18)24(27)28)21(26)29-13-20(25)23-17-9-6-15(7-10-17)14-4-2-1-3-5-14/h1-12H,13,22H2,(H,23,25). The average molecular weight is 391 g/mol.